The second-order valence-corrected chi connectivity index (χ2v) is 11.1. The fourth-order valence-electron chi connectivity index (χ4n) is 5.32. The summed E-state index contributed by atoms with van der Waals surface area (Å²) in [5.74, 6) is -3.80. The van der Waals surface area contributed by atoms with E-state index in [1.165, 1.54) is 24.3 Å². The molecule has 4 atom stereocenters. The number of amides is 4. The van der Waals surface area contributed by atoms with Crippen molar-refractivity contribution in [3.05, 3.63) is 70.3 Å². The van der Waals surface area contributed by atoms with Crippen molar-refractivity contribution in [2.24, 2.45) is 17.8 Å². The molecule has 0 unspecified atom stereocenters. The molecule has 0 spiro atoms. The number of non-ortho nitro benzene ring substituents is 1. The molecule has 0 saturated heterocycles. The molecule has 2 aromatic rings. The minimum atomic E-state index is -1.03. The highest BCUT2D eigenvalue weighted by molar-refractivity contribution is 5.98. The summed E-state index contributed by atoms with van der Waals surface area (Å²) in [7, 11) is 0. The molecule has 0 aliphatic heterocycles. The molecule has 0 radical (unpaired) electrons. The molecule has 2 aromatic carbocycles. The van der Waals surface area contributed by atoms with E-state index in [0.29, 0.717) is 5.69 Å². The van der Waals surface area contributed by atoms with E-state index in [2.05, 4.69) is 21.3 Å². The van der Waals surface area contributed by atoms with E-state index in [-0.39, 0.29) is 95.9 Å². The number of nitrogens with zero attached hydrogens (tertiary/aromatic N) is 1. The number of aliphatic hydroxyl groups excluding tert-OH is 2. The molecule has 0 aromatic heterocycles. The molecular formula is C32H43N5O10. The van der Waals surface area contributed by atoms with Gasteiger partial charge >= 0.3 is 0 Å². The molecule has 1 aliphatic rings. The Hall–Kier alpha value is -4.44. The Morgan fingerprint density at radius 1 is 0.766 bits per heavy atom. The van der Waals surface area contributed by atoms with Gasteiger partial charge < -0.3 is 41.0 Å². The van der Waals surface area contributed by atoms with Crippen LogP contribution < -0.4 is 21.3 Å². The highest BCUT2D eigenvalue weighted by Gasteiger charge is 2.40. The van der Waals surface area contributed by atoms with E-state index in [1.54, 1.807) is 12.1 Å². The number of carbonyl (C=O) groups is 4. The van der Waals surface area contributed by atoms with Crippen LogP contribution in [0.2, 0.25) is 0 Å². The van der Waals surface area contributed by atoms with E-state index in [9.17, 15) is 29.3 Å². The van der Waals surface area contributed by atoms with Gasteiger partial charge in [0.25, 0.3) is 5.69 Å². The molecule has 47 heavy (non-hydrogen) atoms. The number of anilines is 1. The van der Waals surface area contributed by atoms with Gasteiger partial charge in [-0.25, -0.2) is 0 Å². The maximum atomic E-state index is 13.8. The molecule has 256 valence electrons. The number of nitro benzene ring substituents is 1. The zero-order valence-corrected chi connectivity index (χ0v) is 26.1. The van der Waals surface area contributed by atoms with Crippen molar-refractivity contribution in [2.45, 2.75) is 31.7 Å². The van der Waals surface area contributed by atoms with Gasteiger partial charge in [0.1, 0.15) is 6.04 Å². The third-order valence-corrected chi connectivity index (χ3v) is 7.64. The molecule has 0 heterocycles. The Morgan fingerprint density at radius 3 is 1.77 bits per heavy atom. The summed E-state index contributed by atoms with van der Waals surface area (Å²) < 4.78 is 10.4. The van der Waals surface area contributed by atoms with Crippen molar-refractivity contribution in [3.63, 3.8) is 0 Å². The van der Waals surface area contributed by atoms with Gasteiger partial charge in [-0.2, -0.15) is 0 Å². The summed E-state index contributed by atoms with van der Waals surface area (Å²) >= 11 is 0. The van der Waals surface area contributed by atoms with Crippen molar-refractivity contribution < 1.29 is 43.8 Å². The van der Waals surface area contributed by atoms with Crippen LogP contribution in [0.5, 0.6) is 0 Å². The van der Waals surface area contributed by atoms with Crippen molar-refractivity contribution >= 4 is 35.0 Å². The van der Waals surface area contributed by atoms with Gasteiger partial charge in [-0.15, -0.1) is 0 Å². The number of rotatable bonds is 19. The average molecular weight is 658 g/mol. The van der Waals surface area contributed by atoms with E-state index >= 15 is 0 Å². The van der Waals surface area contributed by atoms with Gasteiger partial charge in [-0.1, -0.05) is 30.3 Å². The smallest absolute Gasteiger partial charge is 0.269 e. The lowest BCUT2D eigenvalue weighted by Gasteiger charge is -2.33. The van der Waals surface area contributed by atoms with Crippen molar-refractivity contribution in [1.29, 1.82) is 0 Å². The lowest BCUT2D eigenvalue weighted by molar-refractivity contribution is -0.384. The van der Waals surface area contributed by atoms with Crippen LogP contribution in [0.4, 0.5) is 11.4 Å². The molecule has 15 nitrogen and oxygen atoms in total. The molecule has 6 N–H and O–H groups in total. The third kappa shape index (κ3) is 12.7. The fourth-order valence-corrected chi connectivity index (χ4v) is 5.32. The molecule has 0 bridgehead atoms. The first-order valence-corrected chi connectivity index (χ1v) is 15.5. The minimum Gasteiger partial charge on any atom is -0.394 e. The molecule has 1 aliphatic carbocycles. The number of carbonyl (C=O) groups excluding carboxylic acids is 4. The molecule has 1 fully saturated rings. The summed E-state index contributed by atoms with van der Waals surface area (Å²) in [5, 5.41) is 39.8. The van der Waals surface area contributed by atoms with E-state index < -0.39 is 40.5 Å². The van der Waals surface area contributed by atoms with Gasteiger partial charge in [0.15, 0.2) is 0 Å². The van der Waals surface area contributed by atoms with Crippen LogP contribution in [0.3, 0.4) is 0 Å². The zero-order chi connectivity index (χ0) is 34.0. The van der Waals surface area contributed by atoms with E-state index in [0.717, 1.165) is 5.56 Å². The first kappa shape index (κ1) is 37.0. The molecule has 1 saturated carbocycles. The van der Waals surface area contributed by atoms with Crippen LogP contribution in [0.1, 0.15) is 24.8 Å². The van der Waals surface area contributed by atoms with Crippen molar-refractivity contribution in [3.8, 4) is 0 Å². The summed E-state index contributed by atoms with van der Waals surface area (Å²) in [6.07, 6.45) is 0.666. The Balaban J connectivity index is 1.74. The molecule has 3 rings (SSSR count). The Labute approximate surface area is 272 Å². The largest absolute Gasteiger partial charge is 0.394 e. The van der Waals surface area contributed by atoms with Crippen LogP contribution in [-0.2, 0) is 35.1 Å². The number of hydrogen-bond donors (Lipinski definition) is 6. The van der Waals surface area contributed by atoms with Crippen molar-refractivity contribution in [1.82, 2.24) is 16.0 Å². The molecular weight excluding hydrogens is 614 g/mol. The fraction of sp³-hybridized carbons (Fsp3) is 0.500. The second kappa shape index (κ2) is 19.9. The van der Waals surface area contributed by atoms with E-state index in [1.807, 2.05) is 18.2 Å². The molecule has 15 heteroatoms. The van der Waals surface area contributed by atoms with Gasteiger partial charge in [0, 0.05) is 55.1 Å². The predicted molar refractivity (Wildman–Crippen MR) is 170 cm³/mol. The van der Waals surface area contributed by atoms with Gasteiger partial charge in [-0.3, -0.25) is 29.3 Å². The maximum absolute atomic E-state index is 13.8. The van der Waals surface area contributed by atoms with Gasteiger partial charge in [0.05, 0.1) is 44.6 Å². The zero-order valence-electron chi connectivity index (χ0n) is 26.1. The summed E-state index contributed by atoms with van der Waals surface area (Å²) in [4.78, 5) is 63.9. The second-order valence-electron chi connectivity index (χ2n) is 11.1. The topological polar surface area (TPSA) is 218 Å². The third-order valence-electron chi connectivity index (χ3n) is 7.64. The summed E-state index contributed by atoms with van der Waals surface area (Å²) in [6.45, 7) is 0.720. The Bertz CT molecular complexity index is 1280. The highest BCUT2D eigenvalue weighted by atomic mass is 16.6. The summed E-state index contributed by atoms with van der Waals surface area (Å²) in [6, 6.07) is 13.3. The Morgan fingerprint density at radius 2 is 1.28 bits per heavy atom. The lowest BCUT2D eigenvalue weighted by atomic mass is 9.74. The van der Waals surface area contributed by atoms with Crippen LogP contribution in [0.25, 0.3) is 0 Å². The van der Waals surface area contributed by atoms with Crippen LogP contribution in [0, 0.1) is 27.9 Å². The van der Waals surface area contributed by atoms with Crippen molar-refractivity contribution in [2.75, 3.05) is 58.0 Å². The number of aliphatic hydroxyl groups is 2. The quantitative estimate of drug-likeness (QED) is 0.0700. The first-order chi connectivity index (χ1) is 22.7. The monoisotopic (exact) mass is 657 g/mol. The predicted octanol–water partition coefficient (Wildman–Crippen LogP) is 0.544. The lowest BCUT2D eigenvalue weighted by Crippen LogP contribution is -2.50. The number of nitro groups is 1. The Kier molecular flexibility index (Phi) is 15.7. The SMILES string of the molecule is O=C(NCCOCCO)[C@@H]1C[C@H](C(=O)NCCOCCO)C[C@H](C(=O)N[C@@H](Cc2ccccc2)C(=O)Nc2ccc([N+](=O)[O-])cc2)C1. The van der Waals surface area contributed by atoms with Gasteiger partial charge in [-0.05, 0) is 37.0 Å². The summed E-state index contributed by atoms with van der Waals surface area (Å²) in [5.41, 5.74) is 0.952. The standard InChI is InChI=1S/C32H43N5O10/c38-12-16-46-14-10-33-29(40)23-19-24(30(41)34-11-15-47-17-13-39)21-25(20-23)31(42)36-28(18-22-4-2-1-3-5-22)32(43)35-26-6-8-27(9-7-26)37(44)45/h1-9,23-25,28,38-39H,10-21H2,(H,33,40)(H,34,41)(H,35,43)(H,36,42)/t23-,24+,25-,28-/m0/s1. The maximum Gasteiger partial charge on any atom is 0.269 e. The van der Waals surface area contributed by atoms with Crippen LogP contribution >= 0.6 is 0 Å². The number of ether oxygens (including phenoxy) is 2. The number of benzene rings is 2. The minimum absolute atomic E-state index is 0.133. The van der Waals surface area contributed by atoms with E-state index in [4.69, 9.17) is 19.7 Å². The number of nitrogens with one attached hydrogen (secondary N) is 4. The molecule has 4 amide bonds. The van der Waals surface area contributed by atoms with Gasteiger partial charge in [0.2, 0.25) is 23.6 Å². The van der Waals surface area contributed by atoms with Crippen LogP contribution in [0.15, 0.2) is 54.6 Å². The average Bonchev–Trinajstić information content (AvgIpc) is 3.08. The van der Waals surface area contributed by atoms with Crippen LogP contribution in [-0.4, -0.2) is 97.5 Å². The highest BCUT2D eigenvalue weighted by Crippen LogP contribution is 2.34. The normalized spacial score (nSPS) is 18.0. The first-order valence-electron chi connectivity index (χ1n) is 15.5. The number of hydrogen-bond acceptors (Lipinski definition) is 10.